The number of likely N-dealkylation sites (N-methyl/N-ethyl adjacent to an activating group) is 1. The fourth-order valence-corrected chi connectivity index (χ4v) is 3.02. The molecule has 0 spiro atoms. The second-order valence-electron chi connectivity index (χ2n) is 5.50. The lowest BCUT2D eigenvalue weighted by molar-refractivity contribution is 0.288. The van der Waals surface area contributed by atoms with Crippen LogP contribution >= 0.6 is 12.2 Å². The van der Waals surface area contributed by atoms with E-state index in [1.165, 1.54) is 0 Å². The summed E-state index contributed by atoms with van der Waals surface area (Å²) in [6, 6.07) is 6.12. The van der Waals surface area contributed by atoms with Crippen molar-refractivity contribution in [1.82, 2.24) is 14.6 Å². The van der Waals surface area contributed by atoms with Crippen LogP contribution in [0.2, 0.25) is 0 Å². The zero-order valence-electron chi connectivity index (χ0n) is 12.6. The Morgan fingerprint density at radius 1 is 1.24 bits per heavy atom. The number of fused-ring (bicyclic) bond motifs is 1. The van der Waals surface area contributed by atoms with Crippen molar-refractivity contribution in [3.05, 3.63) is 23.0 Å². The molecule has 21 heavy (non-hydrogen) atoms. The van der Waals surface area contributed by atoms with E-state index in [9.17, 15) is 0 Å². The number of imidazole rings is 1. The third kappa shape index (κ3) is 2.78. The monoisotopic (exact) mass is 306 g/mol. The van der Waals surface area contributed by atoms with Crippen LogP contribution in [0.4, 0.5) is 0 Å². The Balaban J connectivity index is 1.99. The van der Waals surface area contributed by atoms with E-state index in [1.54, 1.807) is 0 Å². The molecule has 0 saturated carbocycles. The molecular formula is C15H22N4OS. The second-order valence-corrected chi connectivity index (χ2v) is 5.88. The van der Waals surface area contributed by atoms with Crippen LogP contribution in [0.3, 0.4) is 0 Å². The van der Waals surface area contributed by atoms with Crippen LogP contribution < -0.4 is 9.75 Å². The minimum absolute atomic E-state index is 0.722. The van der Waals surface area contributed by atoms with E-state index in [-0.39, 0.29) is 0 Å². The van der Waals surface area contributed by atoms with E-state index in [0.29, 0.717) is 0 Å². The van der Waals surface area contributed by atoms with Crippen LogP contribution in [0.25, 0.3) is 11.0 Å². The first kappa shape index (κ1) is 14.4. The maximum absolute atomic E-state index is 5.82. The summed E-state index contributed by atoms with van der Waals surface area (Å²) in [6.45, 7) is 6.91. The minimum atomic E-state index is 0.722. The predicted octanol–water partition coefficient (Wildman–Crippen LogP) is 2.37. The van der Waals surface area contributed by atoms with Gasteiger partial charge in [-0.2, -0.15) is 0 Å². The first-order valence-electron chi connectivity index (χ1n) is 7.51. The van der Waals surface area contributed by atoms with Crippen molar-refractivity contribution in [1.29, 1.82) is 0 Å². The number of nitrogens with zero attached hydrogens (tertiary/aromatic N) is 3. The van der Waals surface area contributed by atoms with Gasteiger partial charge in [-0.3, -0.25) is 0 Å². The number of nitrogens with one attached hydrogen (secondary N) is 1. The van der Waals surface area contributed by atoms with Gasteiger partial charge in [-0.15, -0.1) is 0 Å². The highest BCUT2D eigenvalue weighted by Gasteiger charge is 2.18. The van der Waals surface area contributed by atoms with Gasteiger partial charge < -0.3 is 19.6 Å². The molecule has 0 amide bonds. The van der Waals surface area contributed by atoms with Gasteiger partial charge in [0.05, 0.1) is 12.1 Å². The molecule has 1 fully saturated rings. The van der Waals surface area contributed by atoms with Crippen molar-refractivity contribution in [3.8, 4) is 5.75 Å². The van der Waals surface area contributed by atoms with Gasteiger partial charge in [-0.1, -0.05) is 13.0 Å². The summed E-state index contributed by atoms with van der Waals surface area (Å²) >= 11 is 5.53. The molecular weight excluding hydrogens is 284 g/mol. The van der Waals surface area contributed by atoms with Gasteiger partial charge >= 0.3 is 0 Å². The van der Waals surface area contributed by atoms with Crippen molar-refractivity contribution >= 4 is 23.3 Å². The summed E-state index contributed by atoms with van der Waals surface area (Å²) in [5.41, 5.74) is 2.09. The van der Waals surface area contributed by atoms with E-state index >= 15 is 0 Å². The normalized spacial score (nSPS) is 16.6. The number of rotatable bonds is 4. The summed E-state index contributed by atoms with van der Waals surface area (Å²) in [6.07, 6.45) is 0.996. The fourth-order valence-electron chi connectivity index (χ4n) is 2.70. The maximum atomic E-state index is 5.82. The van der Waals surface area contributed by atoms with Gasteiger partial charge in [0.15, 0.2) is 4.77 Å². The van der Waals surface area contributed by atoms with Gasteiger partial charge in [-0.05, 0) is 37.8 Å². The maximum Gasteiger partial charge on any atom is 0.197 e. The molecule has 0 aliphatic carbocycles. The molecule has 0 bridgehead atoms. The number of H-pyrrole nitrogens is 1. The molecule has 1 aliphatic heterocycles. The van der Waals surface area contributed by atoms with Gasteiger partial charge in [0, 0.05) is 26.2 Å². The van der Waals surface area contributed by atoms with Crippen molar-refractivity contribution in [2.75, 3.05) is 44.8 Å². The van der Waals surface area contributed by atoms with Crippen LogP contribution in [0.1, 0.15) is 13.3 Å². The highest BCUT2D eigenvalue weighted by molar-refractivity contribution is 7.71. The molecule has 5 nitrogen and oxygen atoms in total. The quantitative estimate of drug-likeness (QED) is 0.880. The van der Waals surface area contributed by atoms with Crippen molar-refractivity contribution in [2.45, 2.75) is 13.3 Å². The van der Waals surface area contributed by atoms with E-state index in [1.807, 2.05) is 12.1 Å². The van der Waals surface area contributed by atoms with Gasteiger partial charge in [0.2, 0.25) is 0 Å². The lowest BCUT2D eigenvalue weighted by Crippen LogP contribution is -2.49. The Morgan fingerprint density at radius 2 is 2.00 bits per heavy atom. The average molecular weight is 306 g/mol. The molecule has 1 aliphatic rings. The highest BCUT2D eigenvalue weighted by atomic mass is 32.1. The Kier molecular flexibility index (Phi) is 4.17. The molecule has 1 aromatic heterocycles. The molecule has 2 heterocycles. The van der Waals surface area contributed by atoms with Gasteiger partial charge in [0.1, 0.15) is 11.3 Å². The predicted molar refractivity (Wildman–Crippen MR) is 88.4 cm³/mol. The van der Waals surface area contributed by atoms with Crippen LogP contribution in [0.15, 0.2) is 18.2 Å². The molecule has 1 saturated heterocycles. The van der Waals surface area contributed by atoms with Crippen LogP contribution in [-0.2, 0) is 0 Å². The fraction of sp³-hybridized carbons (Fsp3) is 0.533. The molecule has 6 heteroatoms. The smallest absolute Gasteiger partial charge is 0.197 e. The molecule has 1 aromatic carbocycles. The van der Waals surface area contributed by atoms with Gasteiger partial charge in [0.25, 0.3) is 0 Å². The third-order valence-electron chi connectivity index (χ3n) is 3.88. The number of aromatic amines is 1. The van der Waals surface area contributed by atoms with E-state index in [4.69, 9.17) is 17.0 Å². The van der Waals surface area contributed by atoms with Crippen molar-refractivity contribution < 1.29 is 4.74 Å². The Morgan fingerprint density at radius 3 is 2.71 bits per heavy atom. The standard InChI is InChI=1S/C15H22N4OS/c1-3-11-20-13-6-4-5-12-14(13)16-15(21)19(12)18-9-7-17(2)8-10-18/h4-6H,3,7-11H2,1-2H3,(H,16,21). The SMILES string of the molecule is CCCOc1cccc2c1[nH]c(=S)n2N1CCN(C)CC1. The summed E-state index contributed by atoms with van der Waals surface area (Å²) in [5, 5.41) is 2.31. The topological polar surface area (TPSA) is 36.4 Å². The van der Waals surface area contributed by atoms with Crippen LogP contribution in [0.5, 0.6) is 5.75 Å². The molecule has 2 aromatic rings. The number of piperazine rings is 1. The molecule has 1 N–H and O–H groups in total. The highest BCUT2D eigenvalue weighted by Crippen LogP contribution is 2.25. The van der Waals surface area contributed by atoms with Crippen molar-refractivity contribution in [2.24, 2.45) is 0 Å². The lowest BCUT2D eigenvalue weighted by Gasteiger charge is -2.34. The number of hydrogen-bond donors (Lipinski definition) is 1. The summed E-state index contributed by atoms with van der Waals surface area (Å²) in [7, 11) is 2.16. The number of aromatic nitrogens is 2. The average Bonchev–Trinajstić information content (AvgIpc) is 2.83. The number of benzene rings is 1. The van der Waals surface area contributed by atoms with Gasteiger partial charge in [-0.25, -0.2) is 4.68 Å². The largest absolute Gasteiger partial charge is 0.491 e. The molecule has 114 valence electrons. The molecule has 3 rings (SSSR count). The van der Waals surface area contributed by atoms with Crippen LogP contribution in [0, 0.1) is 4.77 Å². The minimum Gasteiger partial charge on any atom is -0.491 e. The molecule has 0 unspecified atom stereocenters. The van der Waals surface area contributed by atoms with E-state index in [0.717, 1.165) is 60.8 Å². The second kappa shape index (κ2) is 6.07. The lowest BCUT2D eigenvalue weighted by atomic mass is 10.3. The van der Waals surface area contributed by atoms with E-state index < -0.39 is 0 Å². The number of para-hydroxylation sites is 1. The zero-order valence-corrected chi connectivity index (χ0v) is 13.4. The molecule has 0 radical (unpaired) electrons. The third-order valence-corrected chi connectivity index (χ3v) is 4.16. The Hall–Kier alpha value is -1.53. The Bertz CT molecular complexity index is 670. The molecule has 0 atom stereocenters. The number of hydrogen-bond acceptors (Lipinski definition) is 4. The number of ether oxygens (including phenoxy) is 1. The summed E-state index contributed by atoms with van der Waals surface area (Å²) in [4.78, 5) is 5.65. The summed E-state index contributed by atoms with van der Waals surface area (Å²) in [5.74, 6) is 0.883. The van der Waals surface area contributed by atoms with E-state index in [2.05, 4.69) is 39.6 Å². The Labute approximate surface area is 130 Å². The summed E-state index contributed by atoms with van der Waals surface area (Å²) < 4.78 is 8.68. The van der Waals surface area contributed by atoms with Crippen molar-refractivity contribution in [3.63, 3.8) is 0 Å². The first-order chi connectivity index (χ1) is 10.2. The zero-order chi connectivity index (χ0) is 14.8. The van der Waals surface area contributed by atoms with Crippen LogP contribution in [-0.4, -0.2) is 54.4 Å². The first-order valence-corrected chi connectivity index (χ1v) is 7.92.